The average Bonchev–Trinajstić information content (AvgIpc) is 2.77. The first-order valence-corrected chi connectivity index (χ1v) is 9.79. The van der Waals surface area contributed by atoms with Gasteiger partial charge >= 0.3 is 11.9 Å². The zero-order chi connectivity index (χ0) is 23.8. The van der Waals surface area contributed by atoms with Crippen molar-refractivity contribution in [3.05, 3.63) is 92.6 Å². The molecule has 1 amide bonds. The van der Waals surface area contributed by atoms with Crippen molar-refractivity contribution in [2.24, 2.45) is 7.05 Å². The standard InChI is InChI=1S/C23H17F3N4O3/c1-30-17-6-2-4-14(20(17)21(32)29-22(30)33)12-19(31)28-18-7-3-5-16(27-18)13-8-10-15(11-9-13)23(24,25)26/h2-11H,12H2,1H3,(H,27,28,31)(H,29,32,33). The summed E-state index contributed by atoms with van der Waals surface area (Å²) < 4.78 is 39.6. The quantitative estimate of drug-likeness (QED) is 0.493. The second-order valence-electron chi connectivity index (χ2n) is 7.34. The van der Waals surface area contributed by atoms with E-state index in [0.29, 0.717) is 22.3 Å². The number of H-pyrrole nitrogens is 1. The summed E-state index contributed by atoms with van der Waals surface area (Å²) >= 11 is 0. The molecule has 0 unspecified atom stereocenters. The van der Waals surface area contributed by atoms with Gasteiger partial charge in [0.2, 0.25) is 5.91 Å². The van der Waals surface area contributed by atoms with Crippen molar-refractivity contribution < 1.29 is 18.0 Å². The number of aryl methyl sites for hydroxylation is 1. The Hall–Kier alpha value is -4.21. The molecule has 0 fully saturated rings. The monoisotopic (exact) mass is 454 g/mol. The molecule has 0 aliphatic carbocycles. The van der Waals surface area contributed by atoms with Crippen molar-refractivity contribution in [3.8, 4) is 11.3 Å². The Labute approximate surface area is 184 Å². The van der Waals surface area contributed by atoms with Crippen molar-refractivity contribution >= 4 is 22.6 Å². The molecule has 2 aromatic heterocycles. The first kappa shape index (κ1) is 22.0. The number of nitrogens with one attached hydrogen (secondary N) is 2. The molecule has 10 heteroatoms. The van der Waals surface area contributed by atoms with E-state index >= 15 is 0 Å². The van der Waals surface area contributed by atoms with E-state index in [9.17, 15) is 27.6 Å². The van der Waals surface area contributed by atoms with Crippen molar-refractivity contribution in [2.75, 3.05) is 5.32 Å². The Kier molecular flexibility index (Phi) is 5.59. The molecule has 2 heterocycles. The number of amides is 1. The molecule has 2 N–H and O–H groups in total. The van der Waals surface area contributed by atoms with Crippen LogP contribution in [0.5, 0.6) is 0 Å². The van der Waals surface area contributed by atoms with Gasteiger partial charge in [-0.25, -0.2) is 9.78 Å². The largest absolute Gasteiger partial charge is 0.416 e. The fourth-order valence-electron chi connectivity index (χ4n) is 3.48. The van der Waals surface area contributed by atoms with Crippen LogP contribution in [0.3, 0.4) is 0 Å². The van der Waals surface area contributed by atoms with Gasteiger partial charge < -0.3 is 5.32 Å². The van der Waals surface area contributed by atoms with Crippen LogP contribution in [0.1, 0.15) is 11.1 Å². The molecule has 4 rings (SSSR count). The van der Waals surface area contributed by atoms with E-state index in [1.807, 2.05) is 0 Å². The third-order valence-electron chi connectivity index (χ3n) is 5.12. The number of carbonyl (C=O) groups is 1. The van der Waals surface area contributed by atoms with Gasteiger partial charge in [-0.2, -0.15) is 13.2 Å². The number of carbonyl (C=O) groups excluding carboxylic acids is 1. The summed E-state index contributed by atoms with van der Waals surface area (Å²) in [5, 5.41) is 2.87. The molecule has 0 atom stereocenters. The lowest BCUT2D eigenvalue weighted by molar-refractivity contribution is -0.137. The van der Waals surface area contributed by atoms with Gasteiger partial charge in [-0.3, -0.25) is 19.1 Å². The number of fused-ring (bicyclic) bond motifs is 1. The van der Waals surface area contributed by atoms with Gasteiger partial charge in [-0.15, -0.1) is 0 Å². The van der Waals surface area contributed by atoms with E-state index in [-0.39, 0.29) is 17.6 Å². The molecule has 7 nitrogen and oxygen atoms in total. The summed E-state index contributed by atoms with van der Waals surface area (Å²) in [6, 6.07) is 14.2. The Morgan fingerprint density at radius 1 is 1.03 bits per heavy atom. The van der Waals surface area contributed by atoms with Gasteiger partial charge in [0.1, 0.15) is 5.82 Å². The number of benzene rings is 2. The predicted octanol–water partition coefficient (Wildman–Crippen LogP) is 3.49. The highest BCUT2D eigenvalue weighted by Crippen LogP contribution is 2.30. The van der Waals surface area contributed by atoms with E-state index in [4.69, 9.17) is 0 Å². The molecule has 0 radical (unpaired) electrons. The zero-order valence-electron chi connectivity index (χ0n) is 17.2. The minimum absolute atomic E-state index is 0.148. The number of aromatic amines is 1. The summed E-state index contributed by atoms with van der Waals surface area (Å²) in [7, 11) is 1.52. The molecule has 0 saturated heterocycles. The second kappa shape index (κ2) is 8.38. The van der Waals surface area contributed by atoms with Crippen LogP contribution in [0, 0.1) is 0 Å². The third kappa shape index (κ3) is 4.54. The molecular formula is C23H17F3N4O3. The van der Waals surface area contributed by atoms with Gasteiger partial charge in [-0.05, 0) is 35.9 Å². The molecule has 0 aliphatic heterocycles. The van der Waals surface area contributed by atoms with Gasteiger partial charge in [0.25, 0.3) is 5.56 Å². The number of hydrogen-bond donors (Lipinski definition) is 2. The maximum Gasteiger partial charge on any atom is 0.416 e. The Bertz CT molecular complexity index is 1470. The van der Waals surface area contributed by atoms with Crippen LogP contribution < -0.4 is 16.6 Å². The van der Waals surface area contributed by atoms with E-state index < -0.39 is 28.9 Å². The Morgan fingerprint density at radius 3 is 2.42 bits per heavy atom. The number of alkyl halides is 3. The Balaban J connectivity index is 1.57. The van der Waals surface area contributed by atoms with Crippen molar-refractivity contribution in [1.82, 2.24) is 14.5 Å². The number of pyridine rings is 1. The number of aromatic nitrogens is 3. The van der Waals surface area contributed by atoms with Crippen LogP contribution in [0.15, 0.2) is 70.3 Å². The number of anilines is 1. The van der Waals surface area contributed by atoms with E-state index in [2.05, 4.69) is 15.3 Å². The lowest BCUT2D eigenvalue weighted by atomic mass is 10.1. The second-order valence-corrected chi connectivity index (χ2v) is 7.34. The van der Waals surface area contributed by atoms with Gasteiger partial charge in [0.15, 0.2) is 0 Å². The van der Waals surface area contributed by atoms with Crippen molar-refractivity contribution in [3.63, 3.8) is 0 Å². The normalized spacial score (nSPS) is 11.5. The molecule has 0 saturated carbocycles. The number of halogens is 3. The van der Waals surface area contributed by atoms with Crippen LogP contribution in [0.4, 0.5) is 19.0 Å². The van der Waals surface area contributed by atoms with Crippen LogP contribution in [-0.2, 0) is 24.4 Å². The first-order chi connectivity index (χ1) is 15.6. The fraction of sp³-hybridized carbons (Fsp3) is 0.130. The predicted molar refractivity (Wildman–Crippen MR) is 117 cm³/mol. The van der Waals surface area contributed by atoms with Crippen molar-refractivity contribution in [1.29, 1.82) is 0 Å². The summed E-state index contributed by atoms with van der Waals surface area (Å²) in [5.74, 6) is -0.244. The van der Waals surface area contributed by atoms with Crippen LogP contribution in [-0.4, -0.2) is 20.4 Å². The summed E-state index contributed by atoms with van der Waals surface area (Å²) in [6.07, 6.45) is -4.58. The summed E-state index contributed by atoms with van der Waals surface area (Å²) in [6.45, 7) is 0. The topological polar surface area (TPSA) is 96.9 Å². The lowest BCUT2D eigenvalue weighted by Gasteiger charge is -2.10. The van der Waals surface area contributed by atoms with Crippen LogP contribution >= 0.6 is 0 Å². The molecule has 168 valence electrons. The highest BCUT2D eigenvalue weighted by Gasteiger charge is 2.30. The number of nitrogens with zero attached hydrogens (tertiary/aromatic N) is 2. The van der Waals surface area contributed by atoms with E-state index in [0.717, 1.165) is 12.1 Å². The minimum Gasteiger partial charge on any atom is -0.310 e. The maximum absolute atomic E-state index is 12.8. The lowest BCUT2D eigenvalue weighted by Crippen LogP contribution is -2.29. The molecule has 2 aromatic carbocycles. The van der Waals surface area contributed by atoms with Gasteiger partial charge in [0, 0.05) is 12.6 Å². The highest BCUT2D eigenvalue weighted by atomic mass is 19.4. The van der Waals surface area contributed by atoms with Crippen molar-refractivity contribution in [2.45, 2.75) is 12.6 Å². The smallest absolute Gasteiger partial charge is 0.310 e. The van der Waals surface area contributed by atoms with Gasteiger partial charge in [-0.1, -0.05) is 30.3 Å². The summed E-state index contributed by atoms with van der Waals surface area (Å²) in [5.41, 5.74) is -0.230. The Morgan fingerprint density at radius 2 is 1.73 bits per heavy atom. The molecule has 0 bridgehead atoms. The first-order valence-electron chi connectivity index (χ1n) is 9.79. The fourth-order valence-corrected chi connectivity index (χ4v) is 3.48. The molecule has 0 spiro atoms. The maximum atomic E-state index is 12.8. The zero-order valence-corrected chi connectivity index (χ0v) is 17.2. The van der Waals surface area contributed by atoms with Gasteiger partial charge in [0.05, 0.1) is 28.6 Å². The highest BCUT2D eigenvalue weighted by molar-refractivity contribution is 5.95. The van der Waals surface area contributed by atoms with Crippen LogP contribution in [0.25, 0.3) is 22.2 Å². The number of hydrogen-bond acceptors (Lipinski definition) is 4. The van der Waals surface area contributed by atoms with Crippen LogP contribution in [0.2, 0.25) is 0 Å². The van der Waals surface area contributed by atoms with E-state index in [1.165, 1.54) is 23.7 Å². The molecule has 4 aromatic rings. The third-order valence-corrected chi connectivity index (χ3v) is 5.12. The minimum atomic E-state index is -4.43. The average molecular weight is 454 g/mol. The SMILES string of the molecule is Cn1c(=O)[nH]c(=O)c2c(CC(=O)Nc3cccc(-c4ccc(C(F)(F)F)cc4)n3)cccc21. The number of rotatable bonds is 4. The molecule has 0 aliphatic rings. The summed E-state index contributed by atoms with van der Waals surface area (Å²) in [4.78, 5) is 43.3. The molecular weight excluding hydrogens is 437 g/mol. The molecule has 33 heavy (non-hydrogen) atoms. The van der Waals surface area contributed by atoms with E-state index in [1.54, 1.807) is 36.4 Å².